The summed E-state index contributed by atoms with van der Waals surface area (Å²) in [5, 5.41) is 0.676. The molecule has 1 rings (SSSR count). The van der Waals surface area contributed by atoms with E-state index < -0.39 is 0 Å². The maximum absolute atomic E-state index is 6.01. The lowest BCUT2D eigenvalue weighted by molar-refractivity contribution is 0.130. The topological polar surface area (TPSA) is 9.23 Å². The molecule has 0 saturated carbocycles. The Balaban J connectivity index is 3.00. The number of hydrogen-bond donors (Lipinski definition) is 0. The predicted octanol–water partition coefficient (Wildman–Crippen LogP) is 3.83. The molecular weight excluding hydrogens is 184 g/mol. The van der Waals surface area contributed by atoms with Gasteiger partial charge in [0, 0.05) is 0 Å². The van der Waals surface area contributed by atoms with Crippen LogP contribution in [-0.4, -0.2) is 5.60 Å². The van der Waals surface area contributed by atoms with Gasteiger partial charge < -0.3 is 4.74 Å². The summed E-state index contributed by atoms with van der Waals surface area (Å²) in [6, 6.07) is 5.76. The van der Waals surface area contributed by atoms with Crippen LogP contribution >= 0.6 is 11.6 Å². The maximum Gasteiger partial charge on any atom is 0.141 e. The van der Waals surface area contributed by atoms with E-state index in [1.807, 2.05) is 45.9 Å². The Morgan fingerprint density at radius 3 is 2.31 bits per heavy atom. The monoisotopic (exact) mass is 198 g/mol. The van der Waals surface area contributed by atoms with E-state index in [2.05, 4.69) is 0 Å². The van der Waals surface area contributed by atoms with Gasteiger partial charge in [-0.05, 0) is 39.3 Å². The zero-order valence-corrected chi connectivity index (χ0v) is 9.27. The van der Waals surface area contributed by atoms with E-state index in [9.17, 15) is 0 Å². The van der Waals surface area contributed by atoms with E-state index in [1.165, 1.54) is 0 Å². The third kappa shape index (κ3) is 2.92. The lowest BCUT2D eigenvalue weighted by atomic mass is 10.1. The molecule has 13 heavy (non-hydrogen) atoms. The number of rotatable bonds is 1. The van der Waals surface area contributed by atoms with Gasteiger partial charge in [-0.3, -0.25) is 0 Å². The van der Waals surface area contributed by atoms with Crippen molar-refractivity contribution in [2.24, 2.45) is 0 Å². The SMILES string of the molecule is Cc1cccc(Cl)c1OC(C)(C)C. The van der Waals surface area contributed by atoms with E-state index in [4.69, 9.17) is 16.3 Å². The fourth-order valence-electron chi connectivity index (χ4n) is 1.05. The lowest BCUT2D eigenvalue weighted by Gasteiger charge is -2.23. The van der Waals surface area contributed by atoms with Crippen LogP contribution in [-0.2, 0) is 0 Å². The van der Waals surface area contributed by atoms with Crippen LogP contribution < -0.4 is 4.74 Å². The molecule has 0 amide bonds. The average molecular weight is 199 g/mol. The molecule has 1 aromatic carbocycles. The maximum atomic E-state index is 6.01. The Morgan fingerprint density at radius 2 is 1.85 bits per heavy atom. The number of benzene rings is 1. The van der Waals surface area contributed by atoms with E-state index in [1.54, 1.807) is 0 Å². The Morgan fingerprint density at radius 1 is 1.23 bits per heavy atom. The molecule has 0 fully saturated rings. The molecule has 0 spiro atoms. The molecule has 0 N–H and O–H groups in total. The van der Waals surface area contributed by atoms with Crippen molar-refractivity contribution < 1.29 is 4.74 Å². The van der Waals surface area contributed by atoms with Gasteiger partial charge in [0.05, 0.1) is 5.02 Å². The van der Waals surface area contributed by atoms with Gasteiger partial charge in [0.15, 0.2) is 0 Å². The molecule has 1 aromatic rings. The molecule has 0 aliphatic rings. The quantitative estimate of drug-likeness (QED) is 0.667. The fourth-order valence-corrected chi connectivity index (χ4v) is 1.31. The van der Waals surface area contributed by atoms with Crippen molar-refractivity contribution in [2.45, 2.75) is 33.3 Å². The zero-order valence-electron chi connectivity index (χ0n) is 8.52. The molecule has 0 unspecified atom stereocenters. The molecule has 72 valence electrons. The van der Waals surface area contributed by atoms with Crippen LogP contribution in [0.25, 0.3) is 0 Å². The molecule has 0 saturated heterocycles. The summed E-state index contributed by atoms with van der Waals surface area (Å²) < 4.78 is 5.73. The molecule has 0 heterocycles. The normalized spacial score (nSPS) is 11.5. The summed E-state index contributed by atoms with van der Waals surface area (Å²) in [6.45, 7) is 8.02. The summed E-state index contributed by atoms with van der Waals surface area (Å²) in [7, 11) is 0. The average Bonchev–Trinajstić information content (AvgIpc) is 1.95. The van der Waals surface area contributed by atoms with Crippen LogP contribution in [0.4, 0.5) is 0 Å². The fraction of sp³-hybridized carbons (Fsp3) is 0.455. The van der Waals surface area contributed by atoms with Gasteiger partial charge in [-0.25, -0.2) is 0 Å². The van der Waals surface area contributed by atoms with Crippen molar-refractivity contribution in [2.75, 3.05) is 0 Å². The summed E-state index contributed by atoms with van der Waals surface area (Å²) in [6.07, 6.45) is 0. The van der Waals surface area contributed by atoms with Crippen LogP contribution in [0.5, 0.6) is 5.75 Å². The number of ether oxygens (including phenoxy) is 1. The van der Waals surface area contributed by atoms with Gasteiger partial charge >= 0.3 is 0 Å². The molecule has 0 aliphatic heterocycles. The minimum absolute atomic E-state index is 0.199. The molecule has 1 nitrogen and oxygen atoms in total. The van der Waals surface area contributed by atoms with Gasteiger partial charge in [-0.15, -0.1) is 0 Å². The van der Waals surface area contributed by atoms with Crippen molar-refractivity contribution in [1.29, 1.82) is 0 Å². The van der Waals surface area contributed by atoms with E-state index in [0.717, 1.165) is 11.3 Å². The highest BCUT2D eigenvalue weighted by Crippen LogP contribution is 2.30. The van der Waals surface area contributed by atoms with Crippen molar-refractivity contribution >= 4 is 11.6 Å². The van der Waals surface area contributed by atoms with Crippen LogP contribution in [0.3, 0.4) is 0 Å². The summed E-state index contributed by atoms with van der Waals surface area (Å²) in [5.41, 5.74) is 0.873. The molecular formula is C11H15ClO. The first kappa shape index (κ1) is 10.4. The molecule has 0 aliphatic carbocycles. The van der Waals surface area contributed by atoms with Gasteiger partial charge in [-0.1, -0.05) is 23.7 Å². The Kier molecular flexibility index (Phi) is 2.87. The first-order valence-corrected chi connectivity index (χ1v) is 4.72. The molecule has 0 radical (unpaired) electrons. The Hall–Kier alpha value is -0.690. The van der Waals surface area contributed by atoms with Crippen molar-refractivity contribution in [1.82, 2.24) is 0 Å². The molecule has 0 bridgehead atoms. The first-order chi connectivity index (χ1) is 5.90. The highest BCUT2D eigenvalue weighted by molar-refractivity contribution is 6.32. The first-order valence-electron chi connectivity index (χ1n) is 4.34. The highest BCUT2D eigenvalue weighted by atomic mass is 35.5. The second-order valence-electron chi connectivity index (χ2n) is 4.10. The van der Waals surface area contributed by atoms with Gasteiger partial charge in [-0.2, -0.15) is 0 Å². The summed E-state index contributed by atoms with van der Waals surface area (Å²) in [4.78, 5) is 0. The van der Waals surface area contributed by atoms with Crippen molar-refractivity contribution in [3.05, 3.63) is 28.8 Å². The van der Waals surface area contributed by atoms with E-state index in [-0.39, 0.29) is 5.60 Å². The third-order valence-corrected chi connectivity index (χ3v) is 1.87. The Labute approximate surface area is 84.7 Å². The number of halogens is 1. The van der Waals surface area contributed by atoms with Crippen molar-refractivity contribution in [3.63, 3.8) is 0 Å². The second kappa shape index (κ2) is 3.59. The predicted molar refractivity (Wildman–Crippen MR) is 56.6 cm³/mol. The van der Waals surface area contributed by atoms with Crippen molar-refractivity contribution in [3.8, 4) is 5.75 Å². The smallest absolute Gasteiger partial charge is 0.141 e. The number of aryl methyl sites for hydroxylation is 1. The number of hydrogen-bond acceptors (Lipinski definition) is 1. The zero-order chi connectivity index (χ0) is 10.1. The number of para-hydroxylation sites is 1. The highest BCUT2D eigenvalue weighted by Gasteiger charge is 2.15. The summed E-state index contributed by atoms with van der Waals surface area (Å²) in [5.74, 6) is 0.789. The van der Waals surface area contributed by atoms with Gasteiger partial charge in [0.2, 0.25) is 0 Å². The van der Waals surface area contributed by atoms with Crippen LogP contribution in [0.1, 0.15) is 26.3 Å². The second-order valence-corrected chi connectivity index (χ2v) is 4.51. The minimum atomic E-state index is -0.199. The van der Waals surface area contributed by atoms with Crippen LogP contribution in [0.2, 0.25) is 5.02 Å². The Bertz CT molecular complexity index is 279. The lowest BCUT2D eigenvalue weighted by Crippen LogP contribution is -2.23. The van der Waals surface area contributed by atoms with E-state index in [0.29, 0.717) is 5.02 Å². The van der Waals surface area contributed by atoms with Crippen LogP contribution in [0.15, 0.2) is 18.2 Å². The standard InChI is InChI=1S/C11H15ClO/c1-8-6-5-7-9(12)10(8)13-11(2,3)4/h5-7H,1-4H3. The van der Waals surface area contributed by atoms with Gasteiger partial charge in [0.25, 0.3) is 0 Å². The molecule has 0 aromatic heterocycles. The van der Waals surface area contributed by atoms with E-state index >= 15 is 0 Å². The largest absolute Gasteiger partial charge is 0.486 e. The molecule has 0 atom stereocenters. The molecule has 2 heteroatoms. The van der Waals surface area contributed by atoms with Crippen LogP contribution in [0, 0.1) is 6.92 Å². The van der Waals surface area contributed by atoms with Gasteiger partial charge in [0.1, 0.15) is 11.4 Å². The minimum Gasteiger partial charge on any atom is -0.486 e. The summed E-state index contributed by atoms with van der Waals surface area (Å²) >= 11 is 6.01. The third-order valence-electron chi connectivity index (χ3n) is 1.57.